The van der Waals surface area contributed by atoms with Gasteiger partial charge in [-0.25, -0.2) is 4.79 Å². The van der Waals surface area contributed by atoms with Crippen LogP contribution in [0.3, 0.4) is 0 Å². The molecule has 5 nitrogen and oxygen atoms in total. The average molecular weight is 274 g/mol. The molecule has 1 aliphatic heterocycles. The maximum Gasteiger partial charge on any atom is 0.321 e. The van der Waals surface area contributed by atoms with Crippen LogP contribution in [0.5, 0.6) is 0 Å². The molecule has 1 heterocycles. The lowest BCUT2D eigenvalue weighted by Gasteiger charge is -2.32. The van der Waals surface area contributed by atoms with Gasteiger partial charge < -0.3 is 10.4 Å². The Morgan fingerprint density at radius 2 is 2.20 bits per heavy atom. The van der Waals surface area contributed by atoms with Crippen LogP contribution in [0.1, 0.15) is 24.3 Å². The highest BCUT2D eigenvalue weighted by atomic mass is 16.4. The van der Waals surface area contributed by atoms with E-state index in [-0.39, 0.29) is 6.03 Å². The number of hydrogen-bond acceptors (Lipinski definition) is 2. The first kappa shape index (κ1) is 14.1. The van der Waals surface area contributed by atoms with E-state index in [1.807, 2.05) is 6.07 Å². The molecule has 1 unspecified atom stereocenters. The Balaban J connectivity index is 2.20. The number of benzene rings is 1. The molecule has 2 N–H and O–H groups in total. The number of rotatable bonds is 4. The lowest BCUT2D eigenvalue weighted by molar-refractivity contribution is -0.139. The number of carbonyl (C=O) groups excluding carboxylic acids is 1. The highest BCUT2D eigenvalue weighted by Gasteiger charge is 2.32. The molecule has 20 heavy (non-hydrogen) atoms. The number of carboxylic acids is 1. The third-order valence-corrected chi connectivity index (χ3v) is 3.41. The molecule has 0 aromatic heterocycles. The largest absolute Gasteiger partial charge is 0.481 e. The fourth-order valence-electron chi connectivity index (χ4n) is 2.41. The number of urea groups is 1. The van der Waals surface area contributed by atoms with Crippen LogP contribution in [0, 0.1) is 0 Å². The molecule has 2 rings (SSSR count). The van der Waals surface area contributed by atoms with Crippen LogP contribution < -0.4 is 10.2 Å². The van der Waals surface area contributed by atoms with Crippen molar-refractivity contribution in [1.82, 2.24) is 5.32 Å². The summed E-state index contributed by atoms with van der Waals surface area (Å²) in [5.74, 6) is -1.38. The third-order valence-electron chi connectivity index (χ3n) is 3.41. The molecular weight excluding hydrogens is 256 g/mol. The van der Waals surface area contributed by atoms with Crippen molar-refractivity contribution >= 4 is 17.7 Å². The molecule has 0 bridgehead atoms. The minimum Gasteiger partial charge on any atom is -0.481 e. The maximum atomic E-state index is 12.1. The molecule has 0 aliphatic carbocycles. The first-order valence-electron chi connectivity index (χ1n) is 6.63. The zero-order valence-corrected chi connectivity index (χ0v) is 11.2. The van der Waals surface area contributed by atoms with E-state index in [1.54, 1.807) is 29.2 Å². The van der Waals surface area contributed by atoms with E-state index in [9.17, 15) is 14.7 Å². The van der Waals surface area contributed by atoms with Crippen LogP contribution in [0.15, 0.2) is 36.9 Å². The summed E-state index contributed by atoms with van der Waals surface area (Å²) in [6, 6.07) is 6.98. The van der Waals surface area contributed by atoms with Gasteiger partial charge >= 0.3 is 12.0 Å². The van der Waals surface area contributed by atoms with Gasteiger partial charge in [0.25, 0.3) is 0 Å². The highest BCUT2D eigenvalue weighted by molar-refractivity contribution is 5.95. The van der Waals surface area contributed by atoms with Crippen molar-refractivity contribution in [2.75, 3.05) is 18.0 Å². The molecular formula is C15H18N2O3. The smallest absolute Gasteiger partial charge is 0.321 e. The lowest BCUT2D eigenvalue weighted by Crippen LogP contribution is -2.44. The maximum absolute atomic E-state index is 12.1. The topological polar surface area (TPSA) is 69.6 Å². The zero-order valence-electron chi connectivity index (χ0n) is 11.2. The number of hydrogen-bond donors (Lipinski definition) is 2. The Kier molecular flexibility index (Phi) is 4.40. The second-order valence-electron chi connectivity index (χ2n) is 4.70. The van der Waals surface area contributed by atoms with E-state index in [0.717, 1.165) is 0 Å². The molecule has 1 aromatic rings. The minimum absolute atomic E-state index is 0.192. The van der Waals surface area contributed by atoms with Crippen molar-refractivity contribution in [3.63, 3.8) is 0 Å². The van der Waals surface area contributed by atoms with E-state index in [2.05, 4.69) is 11.9 Å². The van der Waals surface area contributed by atoms with Gasteiger partial charge in [-0.3, -0.25) is 9.69 Å². The second kappa shape index (κ2) is 6.23. The molecule has 106 valence electrons. The van der Waals surface area contributed by atoms with Gasteiger partial charge in [0.15, 0.2) is 0 Å². The predicted octanol–water partition coefficient (Wildman–Crippen LogP) is 2.35. The van der Waals surface area contributed by atoms with Crippen LogP contribution in [-0.2, 0) is 4.79 Å². The van der Waals surface area contributed by atoms with E-state index in [0.29, 0.717) is 37.2 Å². The number of aliphatic carboxylic acids is 1. The van der Waals surface area contributed by atoms with Crippen LogP contribution in [-0.4, -0.2) is 30.2 Å². The van der Waals surface area contributed by atoms with Crippen LogP contribution in [0.2, 0.25) is 0 Å². The summed E-state index contributed by atoms with van der Waals surface area (Å²) in [4.78, 5) is 25.0. The van der Waals surface area contributed by atoms with Gasteiger partial charge in [0.05, 0.1) is 5.92 Å². The summed E-state index contributed by atoms with van der Waals surface area (Å²) in [5, 5.41) is 12.1. The van der Waals surface area contributed by atoms with Crippen molar-refractivity contribution in [2.45, 2.75) is 18.8 Å². The molecule has 5 heteroatoms. The van der Waals surface area contributed by atoms with E-state index in [4.69, 9.17) is 0 Å². The summed E-state index contributed by atoms with van der Waals surface area (Å²) < 4.78 is 0. The average Bonchev–Trinajstić information content (AvgIpc) is 2.46. The van der Waals surface area contributed by atoms with Gasteiger partial charge in [0.1, 0.15) is 0 Å². The number of carboxylic acid groups (broad SMARTS) is 1. The normalized spacial score (nSPS) is 17.2. The Morgan fingerprint density at radius 3 is 2.90 bits per heavy atom. The third kappa shape index (κ3) is 2.82. The van der Waals surface area contributed by atoms with Crippen molar-refractivity contribution in [2.24, 2.45) is 0 Å². The molecule has 0 saturated heterocycles. The summed E-state index contributed by atoms with van der Waals surface area (Å²) in [6.07, 6.45) is 2.88. The summed E-state index contributed by atoms with van der Waals surface area (Å²) in [6.45, 7) is 4.55. The van der Waals surface area contributed by atoms with Crippen LogP contribution >= 0.6 is 0 Å². The van der Waals surface area contributed by atoms with Crippen LogP contribution in [0.25, 0.3) is 0 Å². The molecule has 1 aliphatic rings. The first-order chi connectivity index (χ1) is 9.65. The molecule has 0 fully saturated rings. The van der Waals surface area contributed by atoms with E-state index < -0.39 is 11.9 Å². The van der Waals surface area contributed by atoms with Crippen molar-refractivity contribution in [1.29, 1.82) is 0 Å². The fourth-order valence-corrected chi connectivity index (χ4v) is 2.41. The molecule has 0 radical (unpaired) electrons. The molecule has 0 saturated carbocycles. The Bertz CT molecular complexity index is 528. The lowest BCUT2D eigenvalue weighted by atomic mass is 9.90. The van der Waals surface area contributed by atoms with Crippen molar-refractivity contribution in [3.8, 4) is 0 Å². The Morgan fingerprint density at radius 1 is 1.45 bits per heavy atom. The second-order valence-corrected chi connectivity index (χ2v) is 4.70. The van der Waals surface area contributed by atoms with Crippen LogP contribution in [0.4, 0.5) is 10.5 Å². The van der Waals surface area contributed by atoms with Gasteiger partial charge in [-0.15, -0.1) is 6.58 Å². The number of amides is 2. The predicted molar refractivity (Wildman–Crippen MR) is 77.0 cm³/mol. The number of carbonyl (C=O) groups is 2. The quantitative estimate of drug-likeness (QED) is 0.654. The molecule has 0 spiro atoms. The number of nitrogens with zero attached hydrogens (tertiary/aromatic N) is 1. The van der Waals surface area contributed by atoms with Crippen molar-refractivity contribution in [3.05, 3.63) is 42.5 Å². The Hall–Kier alpha value is -2.30. The zero-order chi connectivity index (χ0) is 14.5. The van der Waals surface area contributed by atoms with Gasteiger partial charge in [-0.1, -0.05) is 24.3 Å². The highest BCUT2D eigenvalue weighted by Crippen LogP contribution is 2.35. The molecule has 1 atom stereocenters. The number of anilines is 1. The van der Waals surface area contributed by atoms with Gasteiger partial charge in [0.2, 0.25) is 0 Å². The Labute approximate surface area is 117 Å². The van der Waals surface area contributed by atoms with Gasteiger partial charge in [-0.05, 0) is 24.5 Å². The SMILES string of the molecule is C=CCCNC(=O)N1CCC(C(=O)O)c2ccccc21. The summed E-state index contributed by atoms with van der Waals surface area (Å²) in [5.41, 5.74) is 1.38. The number of nitrogens with one attached hydrogen (secondary N) is 1. The fraction of sp³-hybridized carbons (Fsp3) is 0.333. The van der Waals surface area contributed by atoms with E-state index in [1.165, 1.54) is 0 Å². The minimum atomic E-state index is -0.843. The van der Waals surface area contributed by atoms with Crippen molar-refractivity contribution < 1.29 is 14.7 Å². The first-order valence-corrected chi connectivity index (χ1v) is 6.63. The van der Waals surface area contributed by atoms with Gasteiger partial charge in [0, 0.05) is 18.8 Å². The molecule has 2 amide bonds. The molecule has 1 aromatic carbocycles. The number of para-hydroxylation sites is 1. The van der Waals surface area contributed by atoms with Gasteiger partial charge in [-0.2, -0.15) is 0 Å². The van der Waals surface area contributed by atoms with E-state index >= 15 is 0 Å². The number of fused-ring (bicyclic) bond motifs is 1. The standard InChI is InChI=1S/C15H18N2O3/c1-2-3-9-16-15(20)17-10-8-12(14(18)19)11-6-4-5-7-13(11)17/h2,4-7,12H,1,3,8-10H2,(H,16,20)(H,18,19). The monoisotopic (exact) mass is 274 g/mol. The summed E-state index contributed by atoms with van der Waals surface area (Å²) >= 11 is 0. The summed E-state index contributed by atoms with van der Waals surface area (Å²) in [7, 11) is 0.